The summed E-state index contributed by atoms with van der Waals surface area (Å²) < 4.78 is 0. The van der Waals surface area contributed by atoms with Crippen molar-refractivity contribution in [3.05, 3.63) is 23.8 Å². The molecule has 0 nitrogen and oxygen atoms in total. The van der Waals surface area contributed by atoms with Crippen LogP contribution >= 0.6 is 0 Å². The second kappa shape index (κ2) is 7.59. The largest absolute Gasteiger partial charge is 0.0877 e. The van der Waals surface area contributed by atoms with Crippen LogP contribution in [0.4, 0.5) is 0 Å². The quantitative estimate of drug-likeness (QED) is 0.411. The molecular weight excluding hydrogens is 132 g/mol. The summed E-state index contributed by atoms with van der Waals surface area (Å²) in [6.07, 6.45) is 11.7. The van der Waals surface area contributed by atoms with Crippen LogP contribution in [0, 0.1) is 0 Å². The molecule has 0 aromatic carbocycles. The number of unbranched alkanes of at least 4 members (excludes halogenated alkanes) is 2. The van der Waals surface area contributed by atoms with Crippen molar-refractivity contribution in [2.45, 2.75) is 46.5 Å². The van der Waals surface area contributed by atoms with Gasteiger partial charge in [-0.1, -0.05) is 43.6 Å². The van der Waals surface area contributed by atoms with E-state index in [1.807, 2.05) is 0 Å². The minimum absolute atomic E-state index is 1.26. The van der Waals surface area contributed by atoms with Gasteiger partial charge in [0.05, 0.1) is 0 Å². The van der Waals surface area contributed by atoms with Gasteiger partial charge >= 0.3 is 0 Å². The van der Waals surface area contributed by atoms with E-state index in [1.54, 1.807) is 0 Å². The lowest BCUT2D eigenvalue weighted by atomic mass is 10.1. The Hall–Kier alpha value is -0.520. The zero-order chi connectivity index (χ0) is 8.53. The van der Waals surface area contributed by atoms with Gasteiger partial charge in [-0.15, -0.1) is 0 Å². The van der Waals surface area contributed by atoms with E-state index in [2.05, 4.69) is 39.0 Å². The number of rotatable bonds is 5. The third-order valence-corrected chi connectivity index (χ3v) is 1.75. The van der Waals surface area contributed by atoms with Crippen LogP contribution in [-0.2, 0) is 0 Å². The van der Waals surface area contributed by atoms with E-state index < -0.39 is 0 Å². The molecule has 0 aliphatic rings. The summed E-state index contributed by atoms with van der Waals surface area (Å²) in [5.74, 6) is 0. The Bertz CT molecular complexity index is 129. The molecule has 0 heteroatoms. The molecule has 11 heavy (non-hydrogen) atoms. The molecular formula is C11H20. The van der Waals surface area contributed by atoms with E-state index in [9.17, 15) is 0 Å². The minimum Gasteiger partial charge on any atom is -0.0877 e. The third kappa shape index (κ3) is 7.38. The molecule has 0 saturated carbocycles. The molecule has 0 atom stereocenters. The van der Waals surface area contributed by atoms with Crippen molar-refractivity contribution in [3.63, 3.8) is 0 Å². The molecule has 0 saturated heterocycles. The molecule has 0 fully saturated rings. The fraction of sp³-hybridized carbons (Fsp3) is 0.636. The first-order valence-electron chi connectivity index (χ1n) is 4.59. The first-order valence-corrected chi connectivity index (χ1v) is 4.59. The third-order valence-electron chi connectivity index (χ3n) is 1.75. The molecule has 0 radical (unpaired) electrons. The van der Waals surface area contributed by atoms with E-state index in [1.165, 1.54) is 31.3 Å². The van der Waals surface area contributed by atoms with Crippen LogP contribution in [0.25, 0.3) is 0 Å². The molecule has 0 rings (SSSR count). The summed E-state index contributed by atoms with van der Waals surface area (Å²) in [5.41, 5.74) is 1.50. The van der Waals surface area contributed by atoms with Crippen molar-refractivity contribution >= 4 is 0 Å². The van der Waals surface area contributed by atoms with Gasteiger partial charge < -0.3 is 0 Å². The molecule has 0 spiro atoms. The maximum Gasteiger partial charge on any atom is -0.0320 e. The zero-order valence-corrected chi connectivity index (χ0v) is 8.06. The average Bonchev–Trinajstić information content (AvgIpc) is 2.01. The lowest BCUT2D eigenvalue weighted by Gasteiger charge is -1.97. The maximum atomic E-state index is 2.24. The zero-order valence-electron chi connectivity index (χ0n) is 8.06. The van der Waals surface area contributed by atoms with E-state index in [4.69, 9.17) is 0 Å². The van der Waals surface area contributed by atoms with Crippen LogP contribution in [-0.4, -0.2) is 0 Å². The van der Waals surface area contributed by atoms with Gasteiger partial charge in [0.15, 0.2) is 0 Å². The molecule has 0 heterocycles. The Morgan fingerprint density at radius 2 is 2.00 bits per heavy atom. The van der Waals surface area contributed by atoms with Gasteiger partial charge in [-0.3, -0.25) is 0 Å². The lowest BCUT2D eigenvalue weighted by molar-refractivity contribution is 0.713. The van der Waals surface area contributed by atoms with E-state index in [0.717, 1.165) is 0 Å². The van der Waals surface area contributed by atoms with Gasteiger partial charge in [-0.05, 0) is 26.7 Å². The highest BCUT2D eigenvalue weighted by atomic mass is 13.9. The van der Waals surface area contributed by atoms with Crippen LogP contribution in [0.5, 0.6) is 0 Å². The van der Waals surface area contributed by atoms with Crippen molar-refractivity contribution in [1.29, 1.82) is 0 Å². The van der Waals surface area contributed by atoms with E-state index >= 15 is 0 Å². The summed E-state index contributed by atoms with van der Waals surface area (Å²) in [6.45, 7) is 6.50. The van der Waals surface area contributed by atoms with Crippen molar-refractivity contribution in [1.82, 2.24) is 0 Å². The standard InChI is InChI=1S/C11H20/c1-4-6-8-10-11(3)9-7-5-2/h5,7,9H,4,6,8,10H2,1-3H3/b7-5+,11-9-. The highest BCUT2D eigenvalue weighted by molar-refractivity contribution is 5.09. The van der Waals surface area contributed by atoms with Crippen LogP contribution in [0.2, 0.25) is 0 Å². The summed E-state index contributed by atoms with van der Waals surface area (Å²) in [5, 5.41) is 0. The molecule has 0 aromatic rings. The Kier molecular flexibility index (Phi) is 7.23. The molecule has 0 unspecified atom stereocenters. The van der Waals surface area contributed by atoms with Gasteiger partial charge in [0.1, 0.15) is 0 Å². The van der Waals surface area contributed by atoms with Gasteiger partial charge in [-0.2, -0.15) is 0 Å². The second-order valence-electron chi connectivity index (χ2n) is 3.00. The maximum absolute atomic E-state index is 2.24. The molecule has 0 amide bonds. The van der Waals surface area contributed by atoms with Crippen LogP contribution in [0.15, 0.2) is 23.8 Å². The topological polar surface area (TPSA) is 0 Å². The van der Waals surface area contributed by atoms with Crippen LogP contribution < -0.4 is 0 Å². The first-order chi connectivity index (χ1) is 5.31. The van der Waals surface area contributed by atoms with Crippen molar-refractivity contribution in [3.8, 4) is 0 Å². The Labute approximate surface area is 71.0 Å². The minimum atomic E-state index is 1.26. The Morgan fingerprint density at radius 1 is 1.27 bits per heavy atom. The highest BCUT2D eigenvalue weighted by Crippen LogP contribution is 2.07. The van der Waals surface area contributed by atoms with Gasteiger partial charge in [0, 0.05) is 0 Å². The molecule has 0 aliphatic carbocycles. The fourth-order valence-electron chi connectivity index (χ4n) is 0.998. The van der Waals surface area contributed by atoms with Gasteiger partial charge in [-0.25, -0.2) is 0 Å². The molecule has 64 valence electrons. The summed E-state index contributed by atoms with van der Waals surface area (Å²) >= 11 is 0. The first kappa shape index (κ1) is 10.5. The van der Waals surface area contributed by atoms with Crippen LogP contribution in [0.3, 0.4) is 0 Å². The smallest absolute Gasteiger partial charge is 0.0320 e. The normalized spacial score (nSPS) is 12.8. The van der Waals surface area contributed by atoms with Crippen molar-refractivity contribution in [2.75, 3.05) is 0 Å². The Balaban J connectivity index is 3.42. The lowest BCUT2D eigenvalue weighted by Crippen LogP contribution is -1.77. The van der Waals surface area contributed by atoms with E-state index in [-0.39, 0.29) is 0 Å². The predicted octanol–water partition coefficient (Wildman–Crippen LogP) is 4.09. The molecule has 0 aromatic heterocycles. The number of allylic oxidation sites excluding steroid dienone is 4. The Morgan fingerprint density at radius 3 is 2.55 bits per heavy atom. The van der Waals surface area contributed by atoms with Gasteiger partial charge in [0.25, 0.3) is 0 Å². The molecule has 0 N–H and O–H groups in total. The highest BCUT2D eigenvalue weighted by Gasteiger charge is 1.87. The van der Waals surface area contributed by atoms with E-state index in [0.29, 0.717) is 0 Å². The number of hydrogen-bond donors (Lipinski definition) is 0. The number of hydrogen-bond acceptors (Lipinski definition) is 0. The summed E-state index contributed by atoms with van der Waals surface area (Å²) in [4.78, 5) is 0. The van der Waals surface area contributed by atoms with Gasteiger partial charge in [0.2, 0.25) is 0 Å². The molecule has 0 aliphatic heterocycles. The summed E-state index contributed by atoms with van der Waals surface area (Å²) in [6, 6.07) is 0. The van der Waals surface area contributed by atoms with Crippen LogP contribution in [0.1, 0.15) is 46.5 Å². The van der Waals surface area contributed by atoms with Crippen molar-refractivity contribution < 1.29 is 0 Å². The molecule has 0 bridgehead atoms. The summed E-state index contributed by atoms with van der Waals surface area (Å²) in [7, 11) is 0. The average molecular weight is 152 g/mol. The fourth-order valence-corrected chi connectivity index (χ4v) is 0.998. The van der Waals surface area contributed by atoms with Crippen molar-refractivity contribution in [2.24, 2.45) is 0 Å². The second-order valence-corrected chi connectivity index (χ2v) is 3.00. The SMILES string of the molecule is C/C=C/C=C(/C)CCCCC. The monoisotopic (exact) mass is 152 g/mol. The predicted molar refractivity (Wildman–Crippen MR) is 52.7 cm³/mol.